The molecule has 17 heavy (non-hydrogen) atoms. The van der Waals surface area contributed by atoms with Gasteiger partial charge in [0.1, 0.15) is 0 Å². The van der Waals surface area contributed by atoms with E-state index in [2.05, 4.69) is 26.0 Å². The van der Waals surface area contributed by atoms with Crippen LogP contribution >= 0.6 is 0 Å². The molecule has 0 aromatic carbocycles. The zero-order chi connectivity index (χ0) is 13.4. The normalized spacial score (nSPS) is 10.1. The molecule has 0 fully saturated rings. The van der Waals surface area contributed by atoms with Crippen LogP contribution in [0.3, 0.4) is 0 Å². The van der Waals surface area contributed by atoms with Crippen LogP contribution in [0.5, 0.6) is 0 Å². The smallest absolute Gasteiger partial charge is 0.300 e. The van der Waals surface area contributed by atoms with Crippen molar-refractivity contribution in [2.24, 2.45) is 0 Å². The summed E-state index contributed by atoms with van der Waals surface area (Å²) in [4.78, 5) is 9.00. The summed E-state index contributed by atoms with van der Waals surface area (Å²) in [6, 6.07) is 0. The maximum Gasteiger partial charge on any atom is 0.300 e. The molecular formula is C15H30O2. The third-order valence-corrected chi connectivity index (χ3v) is 2.38. The fourth-order valence-electron chi connectivity index (χ4n) is 1.50. The van der Waals surface area contributed by atoms with Gasteiger partial charge in [-0.2, -0.15) is 0 Å². The van der Waals surface area contributed by atoms with Crippen molar-refractivity contribution in [3.63, 3.8) is 0 Å². The Morgan fingerprint density at radius 3 is 1.88 bits per heavy atom. The number of unbranched alkanes of at least 4 members (excludes halogenated alkanes) is 7. The zero-order valence-corrected chi connectivity index (χ0v) is 11.9. The fourth-order valence-corrected chi connectivity index (χ4v) is 1.50. The summed E-state index contributed by atoms with van der Waals surface area (Å²) >= 11 is 0. The standard InChI is InChI=1S/C13H26.C2H4O2/c1-3-5-7-9-11-13-12-10-8-6-4-2;1-2(3)4/h5,7H,3-4,6,8-13H2,1-2H3;1H3,(H,3,4). The Morgan fingerprint density at radius 1 is 0.941 bits per heavy atom. The Bertz CT molecular complexity index is 170. The summed E-state index contributed by atoms with van der Waals surface area (Å²) in [6.45, 7) is 5.55. The van der Waals surface area contributed by atoms with E-state index in [4.69, 9.17) is 9.90 Å². The Morgan fingerprint density at radius 2 is 1.41 bits per heavy atom. The lowest BCUT2D eigenvalue weighted by molar-refractivity contribution is -0.134. The van der Waals surface area contributed by atoms with Gasteiger partial charge in [0.05, 0.1) is 0 Å². The van der Waals surface area contributed by atoms with Gasteiger partial charge in [-0.15, -0.1) is 0 Å². The summed E-state index contributed by atoms with van der Waals surface area (Å²) in [5.41, 5.74) is 0. The summed E-state index contributed by atoms with van der Waals surface area (Å²) in [6.07, 6.45) is 17.0. The lowest BCUT2D eigenvalue weighted by Gasteiger charge is -1.98. The maximum atomic E-state index is 9.00. The van der Waals surface area contributed by atoms with Gasteiger partial charge in [-0.05, 0) is 19.3 Å². The molecule has 0 radical (unpaired) electrons. The molecule has 0 unspecified atom stereocenters. The minimum Gasteiger partial charge on any atom is -0.481 e. The summed E-state index contributed by atoms with van der Waals surface area (Å²) in [5, 5.41) is 7.42. The molecule has 2 heteroatoms. The van der Waals surface area contributed by atoms with Gasteiger partial charge >= 0.3 is 0 Å². The monoisotopic (exact) mass is 242 g/mol. The number of carboxylic acids is 1. The van der Waals surface area contributed by atoms with Crippen LogP contribution in [-0.2, 0) is 4.79 Å². The van der Waals surface area contributed by atoms with E-state index >= 15 is 0 Å². The second-order valence-electron chi connectivity index (χ2n) is 4.31. The third kappa shape index (κ3) is 31.3. The van der Waals surface area contributed by atoms with Gasteiger partial charge in [0.25, 0.3) is 5.97 Å². The SMILES string of the molecule is CC(=O)O.CCC=CCCCCCCCCC. The molecule has 0 saturated carbocycles. The molecule has 0 saturated heterocycles. The molecule has 0 aliphatic heterocycles. The summed E-state index contributed by atoms with van der Waals surface area (Å²) in [5.74, 6) is -0.833. The van der Waals surface area contributed by atoms with E-state index in [-0.39, 0.29) is 0 Å². The van der Waals surface area contributed by atoms with Gasteiger partial charge in [-0.1, -0.05) is 64.5 Å². The van der Waals surface area contributed by atoms with Gasteiger partial charge in [0.2, 0.25) is 0 Å². The van der Waals surface area contributed by atoms with Crippen LogP contribution in [0.1, 0.15) is 78.6 Å². The highest BCUT2D eigenvalue weighted by atomic mass is 16.4. The molecule has 0 aromatic heterocycles. The molecule has 0 spiro atoms. The Kier molecular flexibility index (Phi) is 19.2. The first kappa shape index (κ1) is 18.6. The van der Waals surface area contributed by atoms with Crippen LogP contribution < -0.4 is 0 Å². The predicted octanol–water partition coefficient (Wildman–Crippen LogP) is 5.18. The van der Waals surface area contributed by atoms with Crippen LogP contribution in [0.15, 0.2) is 12.2 Å². The van der Waals surface area contributed by atoms with Crippen molar-refractivity contribution in [3.05, 3.63) is 12.2 Å². The van der Waals surface area contributed by atoms with Crippen LogP contribution in [0, 0.1) is 0 Å². The van der Waals surface area contributed by atoms with Gasteiger partial charge < -0.3 is 5.11 Å². The average molecular weight is 242 g/mol. The highest BCUT2D eigenvalue weighted by Gasteiger charge is 1.88. The van der Waals surface area contributed by atoms with E-state index < -0.39 is 5.97 Å². The first-order valence-corrected chi connectivity index (χ1v) is 6.99. The quantitative estimate of drug-likeness (QED) is 0.446. The van der Waals surface area contributed by atoms with Crippen molar-refractivity contribution in [1.29, 1.82) is 0 Å². The largest absolute Gasteiger partial charge is 0.481 e. The Hall–Kier alpha value is -0.790. The van der Waals surface area contributed by atoms with Crippen molar-refractivity contribution in [1.82, 2.24) is 0 Å². The molecule has 0 rings (SSSR count). The van der Waals surface area contributed by atoms with E-state index in [1.165, 1.54) is 57.8 Å². The van der Waals surface area contributed by atoms with Gasteiger partial charge in [-0.3, -0.25) is 4.79 Å². The number of hydrogen-bond acceptors (Lipinski definition) is 1. The minimum absolute atomic E-state index is 0.833. The van der Waals surface area contributed by atoms with Gasteiger partial charge in [0, 0.05) is 6.92 Å². The lowest BCUT2D eigenvalue weighted by atomic mass is 10.1. The van der Waals surface area contributed by atoms with Crippen molar-refractivity contribution in [2.75, 3.05) is 0 Å². The van der Waals surface area contributed by atoms with Crippen molar-refractivity contribution in [3.8, 4) is 0 Å². The number of rotatable bonds is 9. The number of allylic oxidation sites excluding steroid dienone is 2. The molecule has 0 aliphatic carbocycles. The number of hydrogen-bond donors (Lipinski definition) is 1. The molecule has 0 heterocycles. The van der Waals surface area contributed by atoms with E-state index in [0.29, 0.717) is 0 Å². The third-order valence-electron chi connectivity index (χ3n) is 2.38. The first-order chi connectivity index (χ1) is 8.15. The molecule has 0 atom stereocenters. The molecule has 1 N–H and O–H groups in total. The summed E-state index contributed by atoms with van der Waals surface area (Å²) in [7, 11) is 0. The molecular weight excluding hydrogens is 212 g/mol. The molecule has 0 amide bonds. The first-order valence-electron chi connectivity index (χ1n) is 6.99. The maximum absolute atomic E-state index is 9.00. The molecule has 0 aromatic rings. The molecule has 0 aliphatic rings. The second-order valence-corrected chi connectivity index (χ2v) is 4.31. The van der Waals surface area contributed by atoms with Crippen LogP contribution in [0.2, 0.25) is 0 Å². The Labute approximate surface area is 107 Å². The highest BCUT2D eigenvalue weighted by molar-refractivity contribution is 5.62. The zero-order valence-electron chi connectivity index (χ0n) is 11.9. The van der Waals surface area contributed by atoms with Crippen molar-refractivity contribution in [2.45, 2.75) is 78.6 Å². The topological polar surface area (TPSA) is 37.3 Å². The van der Waals surface area contributed by atoms with E-state index in [1.54, 1.807) is 0 Å². The van der Waals surface area contributed by atoms with Gasteiger partial charge in [0.15, 0.2) is 0 Å². The highest BCUT2D eigenvalue weighted by Crippen LogP contribution is 2.08. The minimum atomic E-state index is -0.833. The number of carboxylic acid groups (broad SMARTS) is 1. The molecule has 102 valence electrons. The van der Waals surface area contributed by atoms with E-state index in [9.17, 15) is 0 Å². The number of carbonyl (C=O) groups is 1. The van der Waals surface area contributed by atoms with Crippen molar-refractivity contribution < 1.29 is 9.90 Å². The average Bonchev–Trinajstić information content (AvgIpc) is 2.26. The molecule has 0 bridgehead atoms. The summed E-state index contributed by atoms with van der Waals surface area (Å²) < 4.78 is 0. The van der Waals surface area contributed by atoms with Crippen LogP contribution in [0.4, 0.5) is 0 Å². The van der Waals surface area contributed by atoms with Crippen LogP contribution in [0.25, 0.3) is 0 Å². The fraction of sp³-hybridized carbons (Fsp3) is 0.800. The number of aliphatic carboxylic acids is 1. The second kappa shape index (κ2) is 17.6. The molecule has 2 nitrogen and oxygen atoms in total. The Balaban J connectivity index is 0. The van der Waals surface area contributed by atoms with Gasteiger partial charge in [-0.25, -0.2) is 0 Å². The van der Waals surface area contributed by atoms with E-state index in [0.717, 1.165) is 6.92 Å². The lowest BCUT2D eigenvalue weighted by Crippen LogP contribution is -1.78. The predicted molar refractivity (Wildman–Crippen MR) is 75.4 cm³/mol. The van der Waals surface area contributed by atoms with Crippen molar-refractivity contribution >= 4 is 5.97 Å². The van der Waals surface area contributed by atoms with E-state index in [1.807, 2.05) is 0 Å². The van der Waals surface area contributed by atoms with Crippen LogP contribution in [-0.4, -0.2) is 11.1 Å².